The van der Waals surface area contributed by atoms with E-state index in [1.54, 1.807) is 32.4 Å². The van der Waals surface area contributed by atoms with Crippen LogP contribution in [0.5, 0.6) is 17.2 Å². The molecule has 32 heavy (non-hydrogen) atoms. The Labute approximate surface area is 186 Å². The van der Waals surface area contributed by atoms with E-state index >= 15 is 0 Å². The number of hydrogen-bond acceptors (Lipinski definition) is 7. The Morgan fingerprint density at radius 2 is 1.97 bits per heavy atom. The van der Waals surface area contributed by atoms with Crippen molar-refractivity contribution in [1.29, 1.82) is 0 Å². The summed E-state index contributed by atoms with van der Waals surface area (Å²) in [6.07, 6.45) is 2.41. The van der Waals surface area contributed by atoms with Crippen molar-refractivity contribution >= 4 is 11.0 Å². The minimum atomic E-state index is -0.0741. The van der Waals surface area contributed by atoms with E-state index in [0.29, 0.717) is 47.1 Å². The fourth-order valence-corrected chi connectivity index (χ4v) is 4.64. The topological polar surface area (TPSA) is 70.4 Å². The molecule has 0 unspecified atom stereocenters. The van der Waals surface area contributed by atoms with E-state index < -0.39 is 0 Å². The maximum absolute atomic E-state index is 13.5. The molecule has 3 heterocycles. The molecule has 2 aromatic carbocycles. The molecule has 7 heteroatoms. The van der Waals surface area contributed by atoms with Crippen molar-refractivity contribution in [3.05, 3.63) is 51.9 Å². The molecule has 168 valence electrons. The molecule has 0 saturated carbocycles. The predicted octanol–water partition coefficient (Wildman–Crippen LogP) is 4.12. The average Bonchev–Trinajstić information content (AvgIpc) is 3.32. The Kier molecular flexibility index (Phi) is 5.53. The van der Waals surface area contributed by atoms with Crippen molar-refractivity contribution in [3.63, 3.8) is 0 Å². The Morgan fingerprint density at radius 1 is 1.12 bits per heavy atom. The molecule has 1 fully saturated rings. The fraction of sp³-hybridized carbons (Fsp3) is 0.400. The monoisotopic (exact) mass is 437 g/mol. The molecule has 1 aromatic heterocycles. The third-order valence-corrected chi connectivity index (χ3v) is 6.24. The molecule has 2 aliphatic heterocycles. The molecule has 5 rings (SSSR count). The van der Waals surface area contributed by atoms with Crippen LogP contribution < -0.4 is 19.6 Å². The molecule has 3 aromatic rings. The predicted molar refractivity (Wildman–Crippen MR) is 121 cm³/mol. The summed E-state index contributed by atoms with van der Waals surface area (Å²) in [5, 5.41) is 0.543. The molecule has 0 bridgehead atoms. The summed E-state index contributed by atoms with van der Waals surface area (Å²) in [6.45, 7) is 4.62. The second-order valence-corrected chi connectivity index (χ2v) is 8.27. The Bertz CT molecular complexity index is 1210. The Balaban J connectivity index is 1.56. The van der Waals surface area contributed by atoms with E-state index in [-0.39, 0.29) is 11.5 Å². The lowest BCUT2D eigenvalue weighted by Gasteiger charge is -2.30. The number of aryl methyl sites for hydroxylation is 1. The first-order chi connectivity index (χ1) is 15.6. The number of nitrogens with zero attached hydrogens (tertiary/aromatic N) is 1. The summed E-state index contributed by atoms with van der Waals surface area (Å²) in [6, 6.07) is 9.10. The normalized spacial score (nSPS) is 18.4. The Morgan fingerprint density at radius 3 is 2.72 bits per heavy atom. The highest BCUT2D eigenvalue weighted by Gasteiger charge is 2.27. The van der Waals surface area contributed by atoms with Crippen LogP contribution in [0, 0.1) is 6.92 Å². The van der Waals surface area contributed by atoms with E-state index in [1.165, 1.54) is 0 Å². The zero-order valence-corrected chi connectivity index (χ0v) is 18.6. The van der Waals surface area contributed by atoms with Crippen LogP contribution in [0.3, 0.4) is 0 Å². The lowest BCUT2D eigenvalue weighted by molar-refractivity contribution is 0.0281. The number of ether oxygens (including phenoxy) is 4. The maximum atomic E-state index is 13.5. The molecule has 1 atom stereocenters. The van der Waals surface area contributed by atoms with Crippen LogP contribution in [-0.2, 0) is 11.3 Å². The lowest BCUT2D eigenvalue weighted by atomic mass is 10.00. The van der Waals surface area contributed by atoms with E-state index in [4.69, 9.17) is 23.4 Å². The molecule has 0 amide bonds. The van der Waals surface area contributed by atoms with Gasteiger partial charge in [0.25, 0.3) is 0 Å². The zero-order valence-electron chi connectivity index (χ0n) is 18.6. The van der Waals surface area contributed by atoms with Crippen molar-refractivity contribution in [3.8, 4) is 28.4 Å². The summed E-state index contributed by atoms with van der Waals surface area (Å²) in [5.41, 5.74) is 2.67. The molecule has 0 spiro atoms. The number of benzene rings is 2. The van der Waals surface area contributed by atoms with Gasteiger partial charge in [-0.15, -0.1) is 0 Å². The van der Waals surface area contributed by atoms with Gasteiger partial charge in [0, 0.05) is 19.7 Å². The highest BCUT2D eigenvalue weighted by atomic mass is 16.5. The van der Waals surface area contributed by atoms with Crippen LogP contribution in [0.1, 0.15) is 24.2 Å². The quantitative estimate of drug-likeness (QED) is 0.595. The summed E-state index contributed by atoms with van der Waals surface area (Å²) in [5.74, 6) is 2.49. The number of fused-ring (bicyclic) bond motifs is 3. The standard InChI is InChI=1S/C25H27NO6/c1-15-23(16-6-8-21(28-2)22(11-16)29-3)24(27)18-7-9-20-19(25(18)32-15)13-26(14-31-20)12-17-5-4-10-30-17/h6-9,11,17H,4-5,10,12-14H2,1-3H3/t17-/m1/s1. The van der Waals surface area contributed by atoms with Gasteiger partial charge in [-0.1, -0.05) is 6.07 Å². The smallest absolute Gasteiger partial charge is 0.200 e. The van der Waals surface area contributed by atoms with Gasteiger partial charge in [-0.25, -0.2) is 0 Å². The first-order valence-corrected chi connectivity index (χ1v) is 10.9. The fourth-order valence-electron chi connectivity index (χ4n) is 4.64. The van der Waals surface area contributed by atoms with Gasteiger partial charge < -0.3 is 23.4 Å². The van der Waals surface area contributed by atoms with Gasteiger partial charge in [0.1, 0.15) is 23.8 Å². The molecular formula is C25H27NO6. The van der Waals surface area contributed by atoms with Gasteiger partial charge in [0.2, 0.25) is 5.43 Å². The molecule has 7 nitrogen and oxygen atoms in total. The molecule has 1 saturated heterocycles. The highest BCUT2D eigenvalue weighted by Crippen LogP contribution is 2.36. The van der Waals surface area contributed by atoms with Gasteiger partial charge in [-0.3, -0.25) is 9.69 Å². The average molecular weight is 437 g/mol. The van der Waals surface area contributed by atoms with E-state index in [9.17, 15) is 4.79 Å². The van der Waals surface area contributed by atoms with Crippen LogP contribution in [0.25, 0.3) is 22.1 Å². The maximum Gasteiger partial charge on any atom is 0.200 e. The minimum absolute atomic E-state index is 0.0741. The van der Waals surface area contributed by atoms with E-state index in [2.05, 4.69) is 4.90 Å². The van der Waals surface area contributed by atoms with Crippen molar-refractivity contribution < 1.29 is 23.4 Å². The van der Waals surface area contributed by atoms with Gasteiger partial charge in [-0.05, 0) is 49.6 Å². The number of hydrogen-bond donors (Lipinski definition) is 0. The van der Waals surface area contributed by atoms with Crippen LogP contribution in [0.15, 0.2) is 39.5 Å². The SMILES string of the molecule is COc1ccc(-c2c(C)oc3c4c(ccc3c2=O)OCN(C[C@H]2CCCO2)C4)cc1OC. The van der Waals surface area contributed by atoms with Gasteiger partial charge in [0.15, 0.2) is 11.5 Å². The van der Waals surface area contributed by atoms with Crippen LogP contribution >= 0.6 is 0 Å². The molecule has 0 N–H and O–H groups in total. The van der Waals surface area contributed by atoms with Crippen molar-refractivity contribution in [2.45, 2.75) is 32.4 Å². The number of methoxy groups -OCH3 is 2. The van der Waals surface area contributed by atoms with Gasteiger partial charge in [-0.2, -0.15) is 0 Å². The van der Waals surface area contributed by atoms with Crippen LogP contribution in [0.2, 0.25) is 0 Å². The van der Waals surface area contributed by atoms with Gasteiger partial charge >= 0.3 is 0 Å². The summed E-state index contributed by atoms with van der Waals surface area (Å²) >= 11 is 0. The summed E-state index contributed by atoms with van der Waals surface area (Å²) in [4.78, 5) is 15.7. The molecule has 0 radical (unpaired) electrons. The third kappa shape index (κ3) is 3.61. The first kappa shape index (κ1) is 20.8. The lowest BCUT2D eigenvalue weighted by Crippen LogP contribution is -2.37. The van der Waals surface area contributed by atoms with Crippen molar-refractivity contribution in [1.82, 2.24) is 4.90 Å². The molecule has 0 aliphatic carbocycles. The third-order valence-electron chi connectivity index (χ3n) is 6.24. The largest absolute Gasteiger partial charge is 0.493 e. The van der Waals surface area contributed by atoms with E-state index in [1.807, 2.05) is 19.1 Å². The minimum Gasteiger partial charge on any atom is -0.493 e. The van der Waals surface area contributed by atoms with Crippen LogP contribution in [0.4, 0.5) is 0 Å². The van der Waals surface area contributed by atoms with Crippen molar-refractivity contribution in [2.24, 2.45) is 0 Å². The van der Waals surface area contributed by atoms with E-state index in [0.717, 1.165) is 42.9 Å². The highest BCUT2D eigenvalue weighted by molar-refractivity contribution is 5.87. The first-order valence-electron chi connectivity index (χ1n) is 10.9. The second-order valence-electron chi connectivity index (χ2n) is 8.27. The van der Waals surface area contributed by atoms with Crippen LogP contribution in [-0.4, -0.2) is 45.1 Å². The Hall–Kier alpha value is -3.03. The zero-order chi connectivity index (χ0) is 22.2. The molecule has 2 aliphatic rings. The summed E-state index contributed by atoms with van der Waals surface area (Å²) in [7, 11) is 3.16. The van der Waals surface area contributed by atoms with Gasteiger partial charge in [0.05, 0.1) is 36.8 Å². The second kappa shape index (κ2) is 8.48. The molecular weight excluding hydrogens is 410 g/mol. The number of rotatable bonds is 5. The van der Waals surface area contributed by atoms with Crippen molar-refractivity contribution in [2.75, 3.05) is 34.1 Å². The summed E-state index contributed by atoms with van der Waals surface area (Å²) < 4.78 is 28.8.